The van der Waals surface area contributed by atoms with E-state index in [0.29, 0.717) is 13.0 Å². The molecule has 0 aliphatic heterocycles. The molecule has 2 unspecified atom stereocenters. The van der Waals surface area contributed by atoms with Crippen molar-refractivity contribution in [3.05, 3.63) is 0 Å². The zero-order chi connectivity index (χ0) is 9.84. The third-order valence-corrected chi connectivity index (χ3v) is 2.53. The maximum atomic E-state index is 11.5. The van der Waals surface area contributed by atoms with Crippen LogP contribution in [0.3, 0.4) is 0 Å². The van der Waals surface area contributed by atoms with E-state index in [1.165, 1.54) is 0 Å². The summed E-state index contributed by atoms with van der Waals surface area (Å²) in [6.45, 7) is 4.00. The maximum absolute atomic E-state index is 11.5. The van der Waals surface area contributed by atoms with Gasteiger partial charge in [0.15, 0.2) is 0 Å². The van der Waals surface area contributed by atoms with Crippen LogP contribution in [0.15, 0.2) is 0 Å². The first kappa shape index (κ1) is 10.2. The summed E-state index contributed by atoms with van der Waals surface area (Å²) < 4.78 is 4.84. The smallest absolute Gasteiger partial charge is 0.316 e. The summed E-state index contributed by atoms with van der Waals surface area (Å²) >= 11 is 0. The molecule has 1 aliphatic rings. The third kappa shape index (κ3) is 2.29. The van der Waals surface area contributed by atoms with Crippen LogP contribution in [0, 0.1) is 11.8 Å². The van der Waals surface area contributed by atoms with Gasteiger partial charge in [0.1, 0.15) is 11.7 Å². The van der Waals surface area contributed by atoms with Crippen LogP contribution in [0.2, 0.25) is 0 Å². The Morgan fingerprint density at radius 2 is 2.23 bits per heavy atom. The molecule has 13 heavy (non-hydrogen) atoms. The molecule has 3 heteroatoms. The predicted molar refractivity (Wildman–Crippen MR) is 48.1 cm³/mol. The van der Waals surface area contributed by atoms with Crippen molar-refractivity contribution in [1.82, 2.24) is 0 Å². The molecule has 0 saturated heterocycles. The average molecular weight is 184 g/mol. The highest BCUT2D eigenvalue weighted by molar-refractivity contribution is 6.00. The highest BCUT2D eigenvalue weighted by Gasteiger charge is 2.34. The van der Waals surface area contributed by atoms with Gasteiger partial charge in [-0.1, -0.05) is 13.3 Å². The van der Waals surface area contributed by atoms with Crippen molar-refractivity contribution >= 4 is 11.8 Å². The van der Waals surface area contributed by atoms with Crippen LogP contribution in [-0.4, -0.2) is 18.4 Å². The minimum absolute atomic E-state index is 0.0307. The monoisotopic (exact) mass is 184 g/mol. The molecule has 0 aromatic rings. The lowest BCUT2D eigenvalue weighted by atomic mass is 9.81. The second-order valence-corrected chi connectivity index (χ2v) is 3.54. The zero-order valence-electron chi connectivity index (χ0n) is 8.21. The van der Waals surface area contributed by atoms with Crippen molar-refractivity contribution in [1.29, 1.82) is 0 Å². The third-order valence-electron chi connectivity index (χ3n) is 2.53. The quantitative estimate of drug-likeness (QED) is 0.483. The molecule has 1 fully saturated rings. The molecule has 1 aliphatic carbocycles. The van der Waals surface area contributed by atoms with Gasteiger partial charge in [-0.05, 0) is 19.8 Å². The van der Waals surface area contributed by atoms with Crippen molar-refractivity contribution in [3.63, 3.8) is 0 Å². The summed E-state index contributed by atoms with van der Waals surface area (Å²) in [5.41, 5.74) is 0. The number of hydrogen-bond acceptors (Lipinski definition) is 3. The molecule has 0 N–H and O–H groups in total. The summed E-state index contributed by atoms with van der Waals surface area (Å²) in [4.78, 5) is 22.9. The maximum Gasteiger partial charge on any atom is 0.316 e. The molecule has 3 nitrogen and oxygen atoms in total. The number of esters is 1. The number of hydrogen-bond donors (Lipinski definition) is 0. The Kier molecular flexibility index (Phi) is 3.46. The second kappa shape index (κ2) is 4.40. The van der Waals surface area contributed by atoms with Crippen molar-refractivity contribution in [2.24, 2.45) is 11.8 Å². The summed E-state index contributed by atoms with van der Waals surface area (Å²) in [6, 6.07) is 0. The van der Waals surface area contributed by atoms with Crippen LogP contribution in [0.25, 0.3) is 0 Å². The Morgan fingerprint density at radius 3 is 2.85 bits per heavy atom. The standard InChI is InChI=1S/C10H16O3/c1-3-13-10(12)8-6-4-5-7(2)9(8)11/h7-8H,3-6H2,1-2H3. The average Bonchev–Trinajstić information content (AvgIpc) is 2.10. The van der Waals surface area contributed by atoms with E-state index in [4.69, 9.17) is 4.74 Å². The van der Waals surface area contributed by atoms with Crippen LogP contribution in [-0.2, 0) is 14.3 Å². The fourth-order valence-corrected chi connectivity index (χ4v) is 1.73. The number of ketones is 1. The molecule has 2 atom stereocenters. The van der Waals surface area contributed by atoms with E-state index in [2.05, 4.69) is 0 Å². The topological polar surface area (TPSA) is 43.4 Å². The van der Waals surface area contributed by atoms with Gasteiger partial charge in [0, 0.05) is 5.92 Å². The number of carbonyl (C=O) groups is 2. The minimum Gasteiger partial charge on any atom is -0.465 e. The minimum atomic E-state index is -0.483. The molecule has 0 aromatic carbocycles. The van der Waals surface area contributed by atoms with Crippen LogP contribution >= 0.6 is 0 Å². The van der Waals surface area contributed by atoms with E-state index < -0.39 is 5.92 Å². The second-order valence-electron chi connectivity index (χ2n) is 3.54. The Bertz CT molecular complexity index is 210. The molecule has 0 bridgehead atoms. The van der Waals surface area contributed by atoms with Gasteiger partial charge in [-0.2, -0.15) is 0 Å². The molecule has 0 spiro atoms. The van der Waals surface area contributed by atoms with Crippen LogP contribution in [0.1, 0.15) is 33.1 Å². The fourth-order valence-electron chi connectivity index (χ4n) is 1.73. The first-order valence-corrected chi connectivity index (χ1v) is 4.87. The van der Waals surface area contributed by atoms with E-state index in [-0.39, 0.29) is 17.7 Å². The van der Waals surface area contributed by atoms with Gasteiger partial charge in [-0.15, -0.1) is 0 Å². The van der Waals surface area contributed by atoms with E-state index in [1.54, 1.807) is 6.92 Å². The molecule has 1 rings (SSSR count). The van der Waals surface area contributed by atoms with E-state index in [0.717, 1.165) is 12.8 Å². The van der Waals surface area contributed by atoms with Crippen molar-refractivity contribution in [3.8, 4) is 0 Å². The van der Waals surface area contributed by atoms with Crippen LogP contribution in [0.5, 0.6) is 0 Å². The number of rotatable bonds is 2. The highest BCUT2D eigenvalue weighted by Crippen LogP contribution is 2.26. The summed E-state index contributed by atoms with van der Waals surface area (Å²) in [5.74, 6) is -0.726. The Balaban J connectivity index is 2.57. The fraction of sp³-hybridized carbons (Fsp3) is 0.800. The van der Waals surface area contributed by atoms with Gasteiger partial charge in [0.05, 0.1) is 6.61 Å². The molecule has 0 aromatic heterocycles. The van der Waals surface area contributed by atoms with Crippen molar-refractivity contribution in [2.75, 3.05) is 6.61 Å². The number of Topliss-reactive ketones (excluding diaryl/α,β-unsaturated/α-hetero) is 1. The predicted octanol–water partition coefficient (Wildman–Crippen LogP) is 1.55. The normalized spacial score (nSPS) is 28.6. The largest absolute Gasteiger partial charge is 0.465 e. The van der Waals surface area contributed by atoms with Gasteiger partial charge in [0.2, 0.25) is 0 Å². The van der Waals surface area contributed by atoms with Crippen molar-refractivity contribution < 1.29 is 14.3 Å². The van der Waals surface area contributed by atoms with E-state index in [9.17, 15) is 9.59 Å². The first-order valence-electron chi connectivity index (χ1n) is 4.87. The number of carbonyl (C=O) groups excluding carboxylic acids is 2. The lowest BCUT2D eigenvalue weighted by molar-refractivity contribution is -0.154. The Hall–Kier alpha value is -0.860. The molecular formula is C10H16O3. The lowest BCUT2D eigenvalue weighted by Crippen LogP contribution is -2.33. The molecule has 0 heterocycles. The molecule has 74 valence electrons. The van der Waals surface area contributed by atoms with E-state index in [1.807, 2.05) is 6.92 Å². The van der Waals surface area contributed by atoms with Gasteiger partial charge < -0.3 is 4.74 Å². The van der Waals surface area contributed by atoms with Gasteiger partial charge in [-0.3, -0.25) is 9.59 Å². The molecular weight excluding hydrogens is 168 g/mol. The summed E-state index contributed by atoms with van der Waals surface area (Å²) in [5, 5.41) is 0. The van der Waals surface area contributed by atoms with Gasteiger partial charge in [0.25, 0.3) is 0 Å². The SMILES string of the molecule is CCOC(=O)C1CCCC(C)C1=O. The summed E-state index contributed by atoms with van der Waals surface area (Å²) in [6.07, 6.45) is 2.53. The van der Waals surface area contributed by atoms with E-state index >= 15 is 0 Å². The van der Waals surface area contributed by atoms with Crippen LogP contribution in [0.4, 0.5) is 0 Å². The van der Waals surface area contributed by atoms with Gasteiger partial charge >= 0.3 is 5.97 Å². The molecule has 0 radical (unpaired) electrons. The molecule has 0 amide bonds. The zero-order valence-corrected chi connectivity index (χ0v) is 8.21. The molecule has 1 saturated carbocycles. The first-order chi connectivity index (χ1) is 6.16. The van der Waals surface area contributed by atoms with Gasteiger partial charge in [-0.25, -0.2) is 0 Å². The van der Waals surface area contributed by atoms with Crippen LogP contribution < -0.4 is 0 Å². The lowest BCUT2D eigenvalue weighted by Gasteiger charge is -2.23. The summed E-state index contributed by atoms with van der Waals surface area (Å²) in [7, 11) is 0. The Labute approximate surface area is 78.5 Å². The van der Waals surface area contributed by atoms with Crippen molar-refractivity contribution in [2.45, 2.75) is 33.1 Å². The number of ether oxygens (including phenoxy) is 1. The Morgan fingerprint density at radius 1 is 1.54 bits per heavy atom. The highest BCUT2D eigenvalue weighted by atomic mass is 16.5.